The van der Waals surface area contributed by atoms with Gasteiger partial charge in [0.1, 0.15) is 5.82 Å². The lowest BCUT2D eigenvalue weighted by molar-refractivity contribution is -0.384. The van der Waals surface area contributed by atoms with E-state index in [-0.39, 0.29) is 33.9 Å². The van der Waals surface area contributed by atoms with Gasteiger partial charge in [0.05, 0.1) is 21.7 Å². The van der Waals surface area contributed by atoms with Gasteiger partial charge in [-0.1, -0.05) is 60.7 Å². The molecule has 0 aliphatic heterocycles. The molecule has 2 aromatic heterocycles. The number of ketones is 1. The molecule has 0 aliphatic carbocycles. The van der Waals surface area contributed by atoms with Crippen LogP contribution in [0.15, 0.2) is 85.1 Å². The third-order valence-corrected chi connectivity index (χ3v) is 6.24. The lowest BCUT2D eigenvalue weighted by atomic mass is 9.95. The summed E-state index contributed by atoms with van der Waals surface area (Å²) in [6.45, 7) is 0.295. The first-order valence-corrected chi connectivity index (χ1v) is 11.6. The van der Waals surface area contributed by atoms with E-state index in [0.29, 0.717) is 18.5 Å². The van der Waals surface area contributed by atoms with Gasteiger partial charge in [-0.2, -0.15) is 0 Å². The van der Waals surface area contributed by atoms with Gasteiger partial charge in [-0.15, -0.1) is 0 Å². The number of H-pyrrole nitrogens is 2. The minimum Gasteiger partial charge on any atom is -0.385 e. The van der Waals surface area contributed by atoms with Gasteiger partial charge in [0.15, 0.2) is 0 Å². The van der Waals surface area contributed by atoms with E-state index in [1.54, 1.807) is 36.4 Å². The second-order valence-electron chi connectivity index (χ2n) is 8.50. The summed E-state index contributed by atoms with van der Waals surface area (Å²) in [5.74, 6) is -1.01. The van der Waals surface area contributed by atoms with Crippen molar-refractivity contribution < 1.29 is 14.5 Å². The molecule has 0 fully saturated rings. The summed E-state index contributed by atoms with van der Waals surface area (Å²) in [6, 6.07) is 22.3. The van der Waals surface area contributed by atoms with Crippen molar-refractivity contribution >= 4 is 34.1 Å². The fourth-order valence-electron chi connectivity index (χ4n) is 4.51. The minimum atomic E-state index is -0.548. The summed E-state index contributed by atoms with van der Waals surface area (Å²) in [7, 11) is 0. The maximum Gasteiger partial charge on any atom is 0.277 e. The molecule has 184 valence electrons. The van der Waals surface area contributed by atoms with E-state index < -0.39 is 16.6 Å². The highest BCUT2D eigenvalue weighted by molar-refractivity contribution is 6.18. The molecule has 0 aliphatic rings. The van der Waals surface area contributed by atoms with Gasteiger partial charge in [-0.3, -0.25) is 19.7 Å². The molecule has 1 amide bonds. The number of rotatable bonds is 8. The van der Waals surface area contributed by atoms with Gasteiger partial charge in [-0.25, -0.2) is 0 Å². The van der Waals surface area contributed by atoms with Crippen LogP contribution >= 0.6 is 0 Å². The summed E-state index contributed by atoms with van der Waals surface area (Å²) in [5, 5.41) is 15.7. The number of carbonyl (C=O) groups is 2. The number of nitrogens with two attached hydrogens (primary N) is 1. The maximum atomic E-state index is 13.4. The van der Waals surface area contributed by atoms with Gasteiger partial charge in [-0.05, 0) is 24.1 Å². The lowest BCUT2D eigenvalue weighted by Crippen LogP contribution is -2.26. The Balaban J connectivity index is 1.52. The van der Waals surface area contributed by atoms with Gasteiger partial charge in [0, 0.05) is 40.8 Å². The van der Waals surface area contributed by atoms with Gasteiger partial charge in [0.2, 0.25) is 5.78 Å². The molecule has 9 nitrogen and oxygen atoms in total. The Morgan fingerprint density at radius 2 is 1.65 bits per heavy atom. The van der Waals surface area contributed by atoms with Gasteiger partial charge >= 0.3 is 0 Å². The molecule has 0 bridgehead atoms. The highest BCUT2D eigenvalue weighted by Gasteiger charge is 2.30. The molecule has 37 heavy (non-hydrogen) atoms. The Morgan fingerprint density at radius 1 is 0.946 bits per heavy atom. The fourth-order valence-corrected chi connectivity index (χ4v) is 4.51. The predicted molar refractivity (Wildman–Crippen MR) is 142 cm³/mol. The van der Waals surface area contributed by atoms with Crippen molar-refractivity contribution in [1.29, 1.82) is 0 Å². The van der Waals surface area contributed by atoms with E-state index in [1.165, 1.54) is 18.2 Å². The van der Waals surface area contributed by atoms with Crippen molar-refractivity contribution in [2.24, 2.45) is 0 Å². The average Bonchev–Trinajstić information content (AvgIpc) is 3.49. The van der Waals surface area contributed by atoms with Crippen LogP contribution < -0.4 is 11.1 Å². The topological polar surface area (TPSA) is 147 Å². The van der Waals surface area contributed by atoms with Crippen LogP contribution in [0.3, 0.4) is 0 Å². The Labute approximate surface area is 211 Å². The van der Waals surface area contributed by atoms with Crippen LogP contribution in [-0.2, 0) is 6.42 Å². The van der Waals surface area contributed by atoms with Gasteiger partial charge < -0.3 is 21.0 Å². The molecule has 0 saturated carbocycles. The smallest absolute Gasteiger partial charge is 0.277 e. The Hall–Kier alpha value is -5.18. The second kappa shape index (κ2) is 9.82. The number of fused-ring (bicyclic) bond motifs is 1. The first kappa shape index (κ1) is 23.6. The van der Waals surface area contributed by atoms with Crippen molar-refractivity contribution in [2.45, 2.75) is 6.42 Å². The number of nitro groups is 1. The number of nitro benzene ring substituents is 1. The van der Waals surface area contributed by atoms with E-state index in [4.69, 9.17) is 5.73 Å². The van der Waals surface area contributed by atoms with Gasteiger partial charge in [0.25, 0.3) is 11.6 Å². The molecule has 5 aromatic rings. The van der Waals surface area contributed by atoms with E-state index >= 15 is 0 Å². The van der Waals surface area contributed by atoms with Crippen molar-refractivity contribution in [1.82, 2.24) is 15.3 Å². The molecule has 0 unspecified atom stereocenters. The number of nitrogens with zero attached hydrogens (tertiary/aromatic N) is 1. The second-order valence-corrected chi connectivity index (χ2v) is 8.50. The van der Waals surface area contributed by atoms with Crippen LogP contribution in [0.2, 0.25) is 0 Å². The highest BCUT2D eigenvalue weighted by Crippen LogP contribution is 2.38. The molecular formula is C28H23N5O4. The van der Waals surface area contributed by atoms with Crippen LogP contribution in [0.25, 0.3) is 22.0 Å². The number of nitrogen functional groups attached to an aromatic ring is 1. The van der Waals surface area contributed by atoms with Crippen LogP contribution in [0, 0.1) is 10.1 Å². The number of benzene rings is 3. The van der Waals surface area contributed by atoms with Crippen LogP contribution in [0.4, 0.5) is 11.5 Å². The number of aromatic nitrogens is 2. The first-order valence-electron chi connectivity index (χ1n) is 11.6. The van der Waals surface area contributed by atoms with E-state index in [9.17, 15) is 19.7 Å². The maximum absolute atomic E-state index is 13.4. The lowest BCUT2D eigenvalue weighted by Gasteiger charge is -2.10. The number of amides is 1. The third kappa shape index (κ3) is 4.45. The number of anilines is 1. The number of carbonyl (C=O) groups excluding carboxylic acids is 2. The van der Waals surface area contributed by atoms with Crippen molar-refractivity contribution in [3.63, 3.8) is 0 Å². The van der Waals surface area contributed by atoms with Crippen LogP contribution in [-0.4, -0.2) is 33.1 Å². The van der Waals surface area contributed by atoms with Crippen LogP contribution in [0.1, 0.15) is 32.0 Å². The third-order valence-electron chi connectivity index (χ3n) is 6.24. The molecule has 2 heterocycles. The molecule has 9 heteroatoms. The molecule has 5 rings (SSSR count). The number of hydrogen-bond acceptors (Lipinski definition) is 5. The number of nitrogens with one attached hydrogen (secondary N) is 3. The van der Waals surface area contributed by atoms with E-state index in [0.717, 1.165) is 16.5 Å². The number of aromatic amines is 2. The monoisotopic (exact) mass is 493 g/mol. The quantitative estimate of drug-likeness (QED) is 0.138. The standard InChI is InChI=1S/C28H23N5O4/c29-27-24(28(35)30-15-14-18-16-31-21-12-6-4-10-19(18)21)23(20-11-5-7-13-22(20)33(36)37)25(32-27)26(34)17-8-2-1-3-9-17/h1-13,16,31-32H,14-15,29H2,(H,30,35). The summed E-state index contributed by atoms with van der Waals surface area (Å²) in [6.07, 6.45) is 2.45. The van der Waals surface area contributed by atoms with E-state index in [2.05, 4.69) is 15.3 Å². The normalized spacial score (nSPS) is 10.9. The van der Waals surface area contributed by atoms with E-state index in [1.807, 2.05) is 30.5 Å². The highest BCUT2D eigenvalue weighted by atomic mass is 16.6. The molecule has 0 saturated heterocycles. The largest absolute Gasteiger partial charge is 0.385 e. The average molecular weight is 494 g/mol. The fraction of sp³-hybridized carbons (Fsp3) is 0.0714. The zero-order valence-corrected chi connectivity index (χ0v) is 19.7. The summed E-state index contributed by atoms with van der Waals surface area (Å²) in [4.78, 5) is 44.1. The van der Waals surface area contributed by atoms with Crippen molar-refractivity contribution in [3.05, 3.63) is 118 Å². The SMILES string of the molecule is Nc1[nH]c(C(=O)c2ccccc2)c(-c2ccccc2[N+](=O)[O-])c1C(=O)NCCc1c[nH]c2ccccc12. The zero-order chi connectivity index (χ0) is 25.9. The van der Waals surface area contributed by atoms with Crippen LogP contribution in [0.5, 0.6) is 0 Å². The molecule has 0 radical (unpaired) electrons. The summed E-state index contributed by atoms with van der Waals surface area (Å²) in [5.41, 5.74) is 8.61. The Bertz CT molecular complexity index is 1640. The predicted octanol–water partition coefficient (Wildman–Crippen LogP) is 4.86. The molecule has 0 spiro atoms. The molecule has 5 N–H and O–H groups in total. The van der Waals surface area contributed by atoms with Crippen molar-refractivity contribution in [3.8, 4) is 11.1 Å². The Morgan fingerprint density at radius 3 is 2.43 bits per heavy atom. The van der Waals surface area contributed by atoms with Crippen molar-refractivity contribution in [2.75, 3.05) is 12.3 Å². The molecule has 3 aromatic carbocycles. The molecular weight excluding hydrogens is 470 g/mol. The number of para-hydroxylation sites is 2. The Kier molecular flexibility index (Phi) is 6.25. The summed E-state index contributed by atoms with van der Waals surface area (Å²) < 4.78 is 0. The first-order chi connectivity index (χ1) is 18.0. The summed E-state index contributed by atoms with van der Waals surface area (Å²) >= 11 is 0. The molecule has 0 atom stereocenters. The minimum absolute atomic E-state index is 0.00694. The zero-order valence-electron chi connectivity index (χ0n) is 19.7. The number of hydrogen-bond donors (Lipinski definition) is 4.